The summed E-state index contributed by atoms with van der Waals surface area (Å²) in [7, 11) is 0. The number of rotatable bonds is 7. The largest absolute Gasteiger partial charge is 0.453 e. The van der Waals surface area contributed by atoms with Gasteiger partial charge in [-0.1, -0.05) is 19.9 Å². The van der Waals surface area contributed by atoms with Crippen molar-refractivity contribution in [2.45, 2.75) is 20.0 Å². The van der Waals surface area contributed by atoms with E-state index in [9.17, 15) is 14.3 Å². The molecule has 1 amide bonds. The quantitative estimate of drug-likeness (QED) is 0.757. The van der Waals surface area contributed by atoms with E-state index in [4.69, 9.17) is 4.74 Å². The number of pyridine rings is 1. The van der Waals surface area contributed by atoms with Gasteiger partial charge in [-0.2, -0.15) is 0 Å². The number of benzene rings is 1. The van der Waals surface area contributed by atoms with Crippen LogP contribution in [-0.4, -0.2) is 28.6 Å². The predicted molar refractivity (Wildman–Crippen MR) is 93.6 cm³/mol. The molecule has 0 spiro atoms. The lowest BCUT2D eigenvalue weighted by atomic mass is 10.1. The maximum absolute atomic E-state index is 14.1. The molecule has 1 unspecified atom stereocenters. The number of nitrogens with one attached hydrogen (secondary N) is 1. The Morgan fingerprint density at radius 3 is 2.84 bits per heavy atom. The van der Waals surface area contributed by atoms with Crippen molar-refractivity contribution in [1.82, 2.24) is 10.3 Å². The molecule has 0 fully saturated rings. The number of aromatic nitrogens is 1. The van der Waals surface area contributed by atoms with Gasteiger partial charge >= 0.3 is 0 Å². The summed E-state index contributed by atoms with van der Waals surface area (Å²) >= 11 is 0. The number of aliphatic hydroxyl groups excluding tert-OH is 1. The van der Waals surface area contributed by atoms with Gasteiger partial charge in [-0.25, -0.2) is 4.39 Å². The number of hydrogen-bond acceptors (Lipinski definition) is 4. The van der Waals surface area contributed by atoms with E-state index >= 15 is 0 Å². The Bertz CT molecular complexity index is 733. The molecule has 2 aromatic rings. The second kappa shape index (κ2) is 8.94. The first-order valence-corrected chi connectivity index (χ1v) is 7.97. The summed E-state index contributed by atoms with van der Waals surface area (Å²) in [6.45, 7) is 3.90. The minimum Gasteiger partial charge on any atom is -0.453 e. The molecule has 6 heteroatoms. The minimum atomic E-state index is -0.598. The van der Waals surface area contributed by atoms with Crippen molar-refractivity contribution in [3.63, 3.8) is 0 Å². The molecule has 1 aromatic carbocycles. The Hall–Kier alpha value is -2.73. The fraction of sp³-hybridized carbons (Fsp3) is 0.263. The summed E-state index contributed by atoms with van der Waals surface area (Å²) in [5.74, 6) is -0.314. The monoisotopic (exact) mass is 344 g/mol. The highest BCUT2D eigenvalue weighted by Crippen LogP contribution is 2.24. The summed E-state index contributed by atoms with van der Waals surface area (Å²) in [5.41, 5.74) is 0.524. The van der Waals surface area contributed by atoms with Crippen LogP contribution in [0.15, 0.2) is 48.8 Å². The molecule has 0 aliphatic rings. The summed E-state index contributed by atoms with van der Waals surface area (Å²) < 4.78 is 19.5. The Balaban J connectivity index is 1.94. The van der Waals surface area contributed by atoms with E-state index in [1.165, 1.54) is 30.5 Å². The molecule has 1 atom stereocenters. The van der Waals surface area contributed by atoms with Crippen molar-refractivity contribution in [3.8, 4) is 11.5 Å². The van der Waals surface area contributed by atoms with Crippen molar-refractivity contribution in [2.24, 2.45) is 5.92 Å². The zero-order chi connectivity index (χ0) is 18.2. The second-order valence-electron chi connectivity index (χ2n) is 5.87. The van der Waals surface area contributed by atoms with E-state index in [1.807, 2.05) is 13.8 Å². The number of carbonyl (C=O) groups is 1. The molecule has 25 heavy (non-hydrogen) atoms. The van der Waals surface area contributed by atoms with Crippen molar-refractivity contribution < 1.29 is 19.0 Å². The van der Waals surface area contributed by atoms with Crippen LogP contribution in [0.1, 0.15) is 19.4 Å². The van der Waals surface area contributed by atoms with Crippen LogP contribution in [0.3, 0.4) is 0 Å². The number of hydrogen-bond donors (Lipinski definition) is 2. The van der Waals surface area contributed by atoms with Crippen molar-refractivity contribution in [2.75, 3.05) is 6.54 Å². The lowest BCUT2D eigenvalue weighted by Crippen LogP contribution is -2.33. The third-order valence-electron chi connectivity index (χ3n) is 3.50. The summed E-state index contributed by atoms with van der Waals surface area (Å²) in [4.78, 5) is 15.6. The van der Waals surface area contributed by atoms with Gasteiger partial charge in [0.1, 0.15) is 5.75 Å². The number of nitrogens with zero attached hydrogens (tertiary/aromatic N) is 1. The average Bonchev–Trinajstić information content (AvgIpc) is 2.60. The smallest absolute Gasteiger partial charge is 0.244 e. The van der Waals surface area contributed by atoms with Crippen molar-refractivity contribution in [1.29, 1.82) is 0 Å². The molecular weight excluding hydrogens is 323 g/mol. The lowest BCUT2D eigenvalue weighted by Gasteiger charge is -2.14. The SMILES string of the molecule is CC(C)C(O)CNC(=O)/C=C/c1ccc(Oc2cccnc2)c(F)c1. The minimum absolute atomic E-state index is 0.0609. The predicted octanol–water partition coefficient (Wildman–Crippen LogP) is 3.16. The third kappa shape index (κ3) is 6.00. The molecule has 0 aliphatic heterocycles. The highest BCUT2D eigenvalue weighted by atomic mass is 19.1. The first-order valence-electron chi connectivity index (χ1n) is 7.97. The number of halogens is 1. The van der Waals surface area contributed by atoms with Gasteiger partial charge in [0.05, 0.1) is 12.3 Å². The van der Waals surface area contributed by atoms with Crippen molar-refractivity contribution in [3.05, 3.63) is 60.2 Å². The second-order valence-corrected chi connectivity index (χ2v) is 5.87. The molecule has 1 aromatic heterocycles. The molecule has 0 aliphatic carbocycles. The van der Waals surface area contributed by atoms with Crippen LogP contribution < -0.4 is 10.1 Å². The van der Waals surface area contributed by atoms with E-state index in [1.54, 1.807) is 24.4 Å². The first-order chi connectivity index (χ1) is 12.0. The molecule has 0 radical (unpaired) electrons. The molecule has 2 rings (SSSR count). The maximum Gasteiger partial charge on any atom is 0.244 e. The fourth-order valence-electron chi connectivity index (χ4n) is 1.91. The Morgan fingerprint density at radius 1 is 1.40 bits per heavy atom. The number of amides is 1. The van der Waals surface area contributed by atoms with Gasteiger partial charge in [0.15, 0.2) is 11.6 Å². The number of aliphatic hydroxyl groups is 1. The number of carbonyl (C=O) groups excluding carboxylic acids is 1. The van der Waals surface area contributed by atoms with Gasteiger partial charge in [0.25, 0.3) is 0 Å². The van der Waals surface area contributed by atoms with Crippen LogP contribution in [0, 0.1) is 11.7 Å². The standard InChI is InChI=1S/C19H21FN2O3/c1-13(2)17(23)12-22-19(24)8-6-14-5-7-18(16(20)10-14)25-15-4-3-9-21-11-15/h3-11,13,17,23H,12H2,1-2H3,(H,22,24)/b8-6+. The third-order valence-corrected chi connectivity index (χ3v) is 3.50. The molecular formula is C19H21FN2O3. The summed E-state index contributed by atoms with van der Waals surface area (Å²) in [6, 6.07) is 7.78. The summed E-state index contributed by atoms with van der Waals surface area (Å²) in [6.07, 6.45) is 5.28. The molecule has 2 N–H and O–H groups in total. The van der Waals surface area contributed by atoms with E-state index < -0.39 is 11.9 Å². The van der Waals surface area contributed by atoms with Crippen molar-refractivity contribution >= 4 is 12.0 Å². The fourth-order valence-corrected chi connectivity index (χ4v) is 1.91. The van der Waals surface area contributed by atoms with Crippen LogP contribution >= 0.6 is 0 Å². The van der Waals surface area contributed by atoms with E-state index in [0.29, 0.717) is 11.3 Å². The van der Waals surface area contributed by atoms with Crippen LogP contribution in [0.4, 0.5) is 4.39 Å². The van der Waals surface area contributed by atoms with E-state index in [2.05, 4.69) is 10.3 Å². The van der Waals surface area contributed by atoms with Crippen LogP contribution in [0.25, 0.3) is 6.08 Å². The molecule has 0 saturated heterocycles. The molecule has 1 heterocycles. The van der Waals surface area contributed by atoms with Gasteiger partial charge in [-0.15, -0.1) is 0 Å². The van der Waals surface area contributed by atoms with Gasteiger partial charge in [-0.05, 0) is 41.8 Å². The first kappa shape index (κ1) is 18.6. The molecule has 132 valence electrons. The average molecular weight is 344 g/mol. The lowest BCUT2D eigenvalue weighted by molar-refractivity contribution is -0.117. The normalized spacial score (nSPS) is 12.4. The zero-order valence-electron chi connectivity index (χ0n) is 14.1. The molecule has 5 nitrogen and oxygen atoms in total. The summed E-state index contributed by atoms with van der Waals surface area (Å²) in [5, 5.41) is 12.2. The highest BCUT2D eigenvalue weighted by Gasteiger charge is 2.09. The Kier molecular flexibility index (Phi) is 6.65. The topological polar surface area (TPSA) is 71.5 Å². The zero-order valence-corrected chi connectivity index (χ0v) is 14.1. The van der Waals surface area contributed by atoms with E-state index in [-0.39, 0.29) is 24.1 Å². The molecule has 0 bridgehead atoms. The highest BCUT2D eigenvalue weighted by molar-refractivity contribution is 5.91. The number of ether oxygens (including phenoxy) is 1. The van der Waals surface area contributed by atoms with Gasteiger partial charge in [0.2, 0.25) is 5.91 Å². The Labute approximate surface area is 146 Å². The van der Waals surface area contributed by atoms with Gasteiger partial charge in [-0.3, -0.25) is 9.78 Å². The molecule has 0 saturated carbocycles. The Morgan fingerprint density at radius 2 is 2.20 bits per heavy atom. The van der Waals surface area contributed by atoms with Gasteiger partial charge in [0, 0.05) is 18.8 Å². The van der Waals surface area contributed by atoms with Crippen LogP contribution in [0.2, 0.25) is 0 Å². The van der Waals surface area contributed by atoms with E-state index in [0.717, 1.165) is 0 Å². The van der Waals surface area contributed by atoms with Gasteiger partial charge < -0.3 is 15.2 Å². The van der Waals surface area contributed by atoms with Crippen LogP contribution in [-0.2, 0) is 4.79 Å². The van der Waals surface area contributed by atoms with Crippen LogP contribution in [0.5, 0.6) is 11.5 Å². The maximum atomic E-state index is 14.1.